The number of carbonyl (C=O) groups excluding carboxylic acids is 1. The SMILES string of the molecule is CC(Sc1nnc(-c2ccc3c(c2)OCO3)o1)C(=O)Nc1nc(-c2ccc(F)c(F)c2)cs1. The first-order valence-corrected chi connectivity index (χ1v) is 11.3. The van der Waals surface area contributed by atoms with Crippen LogP contribution in [-0.2, 0) is 4.79 Å². The zero-order valence-corrected chi connectivity index (χ0v) is 18.5. The molecule has 4 aromatic rings. The van der Waals surface area contributed by atoms with Crippen LogP contribution in [0, 0.1) is 11.6 Å². The zero-order chi connectivity index (χ0) is 22.9. The molecule has 0 spiro atoms. The number of rotatable bonds is 6. The molecule has 1 aliphatic heterocycles. The smallest absolute Gasteiger partial charge is 0.277 e. The van der Waals surface area contributed by atoms with Crippen LogP contribution in [0.5, 0.6) is 11.5 Å². The highest BCUT2D eigenvalue weighted by molar-refractivity contribution is 8.00. The van der Waals surface area contributed by atoms with E-state index in [4.69, 9.17) is 13.9 Å². The average Bonchev–Trinajstić information content (AvgIpc) is 3.56. The number of nitrogens with zero attached hydrogens (tertiary/aromatic N) is 3. The molecule has 1 N–H and O–H groups in total. The number of nitrogens with one attached hydrogen (secondary N) is 1. The molecular weight excluding hydrogens is 474 g/mol. The Bertz CT molecular complexity index is 1340. The third-order valence-electron chi connectivity index (χ3n) is 4.62. The Hall–Kier alpha value is -3.51. The monoisotopic (exact) mass is 488 g/mol. The van der Waals surface area contributed by atoms with Gasteiger partial charge in [-0.2, -0.15) is 0 Å². The first kappa shape index (κ1) is 21.3. The summed E-state index contributed by atoms with van der Waals surface area (Å²) in [5, 5.41) is 12.4. The van der Waals surface area contributed by atoms with Crippen molar-refractivity contribution in [3.8, 4) is 34.2 Å². The number of thioether (sulfide) groups is 1. The number of thiazole rings is 1. The van der Waals surface area contributed by atoms with Gasteiger partial charge < -0.3 is 19.2 Å². The number of fused-ring (bicyclic) bond motifs is 1. The highest BCUT2D eigenvalue weighted by Gasteiger charge is 2.21. The molecule has 12 heteroatoms. The van der Waals surface area contributed by atoms with Crippen molar-refractivity contribution in [2.45, 2.75) is 17.4 Å². The molecule has 0 radical (unpaired) electrons. The minimum atomic E-state index is -0.962. The molecule has 1 amide bonds. The average molecular weight is 488 g/mol. The van der Waals surface area contributed by atoms with Gasteiger partial charge >= 0.3 is 0 Å². The fourth-order valence-electron chi connectivity index (χ4n) is 2.93. The standard InChI is InChI=1S/C21H14F2N4O4S2/c1-10(18(28)25-20-24-15(8-32-20)11-2-4-13(22)14(23)6-11)33-21-27-26-19(31-21)12-3-5-16-17(7-12)30-9-29-16/h2-8,10H,9H2,1H3,(H,24,25,28). The van der Waals surface area contributed by atoms with Gasteiger partial charge in [-0.1, -0.05) is 11.8 Å². The van der Waals surface area contributed by atoms with Gasteiger partial charge in [0.05, 0.1) is 10.9 Å². The second-order valence-corrected chi connectivity index (χ2v) is 9.01. The number of hydrogen-bond acceptors (Lipinski definition) is 9. The van der Waals surface area contributed by atoms with Crippen LogP contribution in [0.25, 0.3) is 22.7 Å². The number of amides is 1. The summed E-state index contributed by atoms with van der Waals surface area (Å²) in [5.41, 5.74) is 1.51. The van der Waals surface area contributed by atoms with E-state index in [1.165, 1.54) is 17.4 Å². The molecule has 0 fully saturated rings. The quantitative estimate of drug-likeness (QED) is 0.379. The van der Waals surface area contributed by atoms with Gasteiger partial charge in [-0.25, -0.2) is 13.8 Å². The lowest BCUT2D eigenvalue weighted by atomic mass is 10.2. The summed E-state index contributed by atoms with van der Waals surface area (Å²) in [4.78, 5) is 16.8. The van der Waals surface area contributed by atoms with E-state index in [1.807, 2.05) is 0 Å². The summed E-state index contributed by atoms with van der Waals surface area (Å²) < 4.78 is 42.9. The first-order chi connectivity index (χ1) is 16.0. The van der Waals surface area contributed by atoms with Gasteiger partial charge in [0, 0.05) is 16.5 Å². The number of hydrogen-bond donors (Lipinski definition) is 1. The minimum Gasteiger partial charge on any atom is -0.454 e. The van der Waals surface area contributed by atoms with E-state index in [0.29, 0.717) is 39.3 Å². The Labute approximate surface area is 194 Å². The number of ether oxygens (including phenoxy) is 2. The molecular formula is C21H14F2N4O4S2. The van der Waals surface area contributed by atoms with E-state index in [2.05, 4.69) is 20.5 Å². The predicted molar refractivity (Wildman–Crippen MR) is 117 cm³/mol. The van der Waals surface area contributed by atoms with Crippen LogP contribution in [0.3, 0.4) is 0 Å². The van der Waals surface area contributed by atoms with Gasteiger partial charge in [-0.05, 0) is 43.3 Å². The van der Waals surface area contributed by atoms with E-state index in [-0.39, 0.29) is 17.9 Å². The summed E-state index contributed by atoms with van der Waals surface area (Å²) in [6.07, 6.45) is 0. The van der Waals surface area contributed by atoms with Crippen LogP contribution in [0.15, 0.2) is 51.4 Å². The molecule has 1 unspecified atom stereocenters. The Morgan fingerprint density at radius 2 is 1.91 bits per heavy atom. The maximum absolute atomic E-state index is 13.5. The summed E-state index contributed by atoms with van der Waals surface area (Å²) in [6, 6.07) is 8.79. The van der Waals surface area contributed by atoms with E-state index in [0.717, 1.165) is 23.9 Å². The van der Waals surface area contributed by atoms with Crippen LogP contribution in [0.2, 0.25) is 0 Å². The lowest BCUT2D eigenvalue weighted by Gasteiger charge is -2.07. The van der Waals surface area contributed by atoms with Gasteiger partial charge in [0.15, 0.2) is 28.3 Å². The van der Waals surface area contributed by atoms with Gasteiger partial charge in [-0.15, -0.1) is 21.5 Å². The van der Waals surface area contributed by atoms with Crippen molar-refractivity contribution >= 4 is 34.1 Å². The molecule has 0 saturated heterocycles. The molecule has 168 valence electrons. The van der Waals surface area contributed by atoms with Crippen molar-refractivity contribution in [1.29, 1.82) is 0 Å². The van der Waals surface area contributed by atoms with Gasteiger partial charge in [-0.3, -0.25) is 4.79 Å². The third kappa shape index (κ3) is 4.52. The second kappa shape index (κ2) is 8.79. The van der Waals surface area contributed by atoms with Crippen molar-refractivity contribution in [1.82, 2.24) is 15.2 Å². The Morgan fingerprint density at radius 1 is 1.09 bits per heavy atom. The summed E-state index contributed by atoms with van der Waals surface area (Å²) in [5.74, 6) is -0.688. The summed E-state index contributed by atoms with van der Waals surface area (Å²) in [6.45, 7) is 1.85. The molecule has 33 heavy (non-hydrogen) atoms. The normalized spacial score (nSPS) is 13.2. The molecule has 1 atom stereocenters. The van der Waals surface area contributed by atoms with E-state index < -0.39 is 16.9 Å². The van der Waals surface area contributed by atoms with Crippen LogP contribution < -0.4 is 14.8 Å². The first-order valence-electron chi connectivity index (χ1n) is 9.58. The van der Waals surface area contributed by atoms with E-state index in [1.54, 1.807) is 30.5 Å². The van der Waals surface area contributed by atoms with Gasteiger partial charge in [0.2, 0.25) is 18.6 Å². The maximum Gasteiger partial charge on any atom is 0.277 e. The van der Waals surface area contributed by atoms with Crippen molar-refractivity contribution in [2.24, 2.45) is 0 Å². The molecule has 0 bridgehead atoms. The summed E-state index contributed by atoms with van der Waals surface area (Å²) in [7, 11) is 0. The second-order valence-electron chi connectivity index (χ2n) is 6.86. The molecule has 2 aromatic heterocycles. The van der Waals surface area contributed by atoms with Gasteiger partial charge in [0.1, 0.15) is 0 Å². The Morgan fingerprint density at radius 3 is 2.76 bits per heavy atom. The lowest BCUT2D eigenvalue weighted by molar-refractivity contribution is -0.115. The number of carbonyl (C=O) groups is 1. The topological polar surface area (TPSA) is 99.4 Å². The lowest BCUT2D eigenvalue weighted by Crippen LogP contribution is -2.22. The van der Waals surface area contributed by atoms with E-state index in [9.17, 15) is 13.6 Å². The number of aromatic nitrogens is 3. The fraction of sp³-hybridized carbons (Fsp3) is 0.143. The van der Waals surface area contributed by atoms with Crippen molar-refractivity contribution < 1.29 is 27.5 Å². The van der Waals surface area contributed by atoms with Crippen molar-refractivity contribution in [2.75, 3.05) is 12.1 Å². The number of benzene rings is 2. The number of halogens is 2. The van der Waals surface area contributed by atoms with Crippen molar-refractivity contribution in [3.05, 3.63) is 53.4 Å². The summed E-state index contributed by atoms with van der Waals surface area (Å²) >= 11 is 2.27. The van der Waals surface area contributed by atoms with Crippen molar-refractivity contribution in [3.63, 3.8) is 0 Å². The molecule has 2 aromatic carbocycles. The Balaban J connectivity index is 1.22. The maximum atomic E-state index is 13.5. The van der Waals surface area contributed by atoms with Gasteiger partial charge in [0.25, 0.3) is 5.22 Å². The van der Waals surface area contributed by atoms with Crippen LogP contribution in [0.1, 0.15) is 6.92 Å². The van der Waals surface area contributed by atoms with E-state index >= 15 is 0 Å². The molecule has 5 rings (SSSR count). The highest BCUT2D eigenvalue weighted by Crippen LogP contribution is 2.36. The highest BCUT2D eigenvalue weighted by atomic mass is 32.2. The minimum absolute atomic E-state index is 0.164. The third-order valence-corrected chi connectivity index (χ3v) is 6.31. The molecule has 3 heterocycles. The van der Waals surface area contributed by atoms with Crippen LogP contribution >= 0.6 is 23.1 Å². The van der Waals surface area contributed by atoms with Crippen LogP contribution in [-0.4, -0.2) is 33.1 Å². The number of anilines is 1. The zero-order valence-electron chi connectivity index (χ0n) is 16.9. The molecule has 1 aliphatic rings. The van der Waals surface area contributed by atoms with Crippen LogP contribution in [0.4, 0.5) is 13.9 Å². The predicted octanol–water partition coefficient (Wildman–Crippen LogP) is 4.99. The fourth-order valence-corrected chi connectivity index (χ4v) is 4.34. The largest absolute Gasteiger partial charge is 0.454 e. The molecule has 8 nitrogen and oxygen atoms in total. The Kier molecular flexibility index (Phi) is 5.68. The molecule has 0 saturated carbocycles. The molecule has 0 aliphatic carbocycles.